The van der Waals surface area contributed by atoms with Crippen molar-refractivity contribution >= 4 is 11.8 Å². The number of ether oxygens (including phenoxy) is 1. The Bertz CT molecular complexity index is 167. The first kappa shape index (κ1) is 9.77. The molecule has 0 spiro atoms. The van der Waals surface area contributed by atoms with Gasteiger partial charge in [-0.2, -0.15) is 11.8 Å². The molecule has 2 fully saturated rings. The molecule has 2 saturated heterocycles. The van der Waals surface area contributed by atoms with Crippen LogP contribution in [0.4, 0.5) is 0 Å². The lowest BCUT2D eigenvalue weighted by Gasteiger charge is -2.35. The van der Waals surface area contributed by atoms with Crippen molar-refractivity contribution in [1.29, 1.82) is 0 Å². The fourth-order valence-electron chi connectivity index (χ4n) is 1.62. The van der Waals surface area contributed by atoms with Gasteiger partial charge >= 0.3 is 0 Å². The van der Waals surface area contributed by atoms with E-state index in [-0.39, 0.29) is 0 Å². The minimum atomic E-state index is -0.411. The molecule has 3 nitrogen and oxygen atoms in total. The van der Waals surface area contributed by atoms with E-state index in [4.69, 9.17) is 4.74 Å². The number of piperidine rings is 1. The van der Waals surface area contributed by atoms with Crippen LogP contribution in [0.25, 0.3) is 0 Å². The third-order valence-electron chi connectivity index (χ3n) is 2.73. The van der Waals surface area contributed by atoms with Crippen molar-refractivity contribution in [2.45, 2.75) is 23.7 Å². The highest BCUT2D eigenvalue weighted by Crippen LogP contribution is 2.28. The molecule has 0 amide bonds. The number of thioether (sulfide) groups is 1. The molecule has 0 aromatic rings. The van der Waals surface area contributed by atoms with E-state index in [1.165, 1.54) is 0 Å². The Morgan fingerprint density at radius 1 is 1.38 bits per heavy atom. The molecule has 0 aliphatic carbocycles. The van der Waals surface area contributed by atoms with Crippen molar-refractivity contribution in [1.82, 2.24) is 5.32 Å². The Kier molecular flexibility index (Phi) is 3.14. The predicted octanol–water partition coefficient (Wildman–Crippen LogP) is 0.233. The summed E-state index contributed by atoms with van der Waals surface area (Å²) in [6.45, 7) is 3.66. The van der Waals surface area contributed by atoms with Crippen molar-refractivity contribution in [2.75, 3.05) is 32.1 Å². The van der Waals surface area contributed by atoms with Gasteiger partial charge in [-0.05, 0) is 25.9 Å². The quantitative estimate of drug-likeness (QED) is 0.689. The van der Waals surface area contributed by atoms with E-state index in [1.54, 1.807) is 0 Å². The van der Waals surface area contributed by atoms with Gasteiger partial charge in [-0.25, -0.2) is 0 Å². The van der Waals surface area contributed by atoms with E-state index in [1.807, 2.05) is 11.8 Å². The molecule has 0 radical (unpaired) electrons. The maximum absolute atomic E-state index is 10.1. The van der Waals surface area contributed by atoms with Gasteiger partial charge in [0.1, 0.15) is 0 Å². The van der Waals surface area contributed by atoms with E-state index < -0.39 is 5.60 Å². The standard InChI is InChI=1S/C9H17NO2S/c11-9(1-3-10-4-2-9)7-13-8-5-12-6-8/h8,10-11H,1-7H2. The fraction of sp³-hybridized carbons (Fsp3) is 1.00. The van der Waals surface area contributed by atoms with E-state index in [0.29, 0.717) is 5.25 Å². The zero-order valence-electron chi connectivity index (χ0n) is 7.79. The summed E-state index contributed by atoms with van der Waals surface area (Å²) in [6, 6.07) is 0. The Balaban J connectivity index is 1.71. The second kappa shape index (κ2) is 4.17. The smallest absolute Gasteiger partial charge is 0.0762 e. The molecular weight excluding hydrogens is 186 g/mol. The molecule has 0 aromatic heterocycles. The van der Waals surface area contributed by atoms with Crippen molar-refractivity contribution in [3.05, 3.63) is 0 Å². The number of rotatable bonds is 3. The number of nitrogens with one attached hydrogen (secondary N) is 1. The van der Waals surface area contributed by atoms with Gasteiger partial charge in [-0.3, -0.25) is 0 Å². The summed E-state index contributed by atoms with van der Waals surface area (Å²) in [6.07, 6.45) is 1.79. The van der Waals surface area contributed by atoms with Crippen molar-refractivity contribution < 1.29 is 9.84 Å². The topological polar surface area (TPSA) is 41.5 Å². The maximum atomic E-state index is 10.1. The maximum Gasteiger partial charge on any atom is 0.0762 e. The third kappa shape index (κ3) is 2.59. The van der Waals surface area contributed by atoms with Crippen LogP contribution < -0.4 is 5.32 Å². The predicted molar refractivity (Wildman–Crippen MR) is 54.1 cm³/mol. The summed E-state index contributed by atoms with van der Waals surface area (Å²) < 4.78 is 5.09. The van der Waals surface area contributed by atoms with Crippen molar-refractivity contribution in [3.8, 4) is 0 Å². The zero-order chi connectivity index (χ0) is 9.15. The summed E-state index contributed by atoms with van der Waals surface area (Å²) in [7, 11) is 0. The molecule has 0 unspecified atom stereocenters. The van der Waals surface area contributed by atoms with Crippen LogP contribution in [-0.4, -0.2) is 48.0 Å². The number of aliphatic hydroxyl groups is 1. The molecule has 2 N–H and O–H groups in total. The van der Waals surface area contributed by atoms with Gasteiger partial charge < -0.3 is 15.2 Å². The van der Waals surface area contributed by atoms with Crippen molar-refractivity contribution in [3.63, 3.8) is 0 Å². The minimum Gasteiger partial charge on any atom is -0.389 e. The van der Waals surface area contributed by atoms with E-state index >= 15 is 0 Å². The minimum absolute atomic E-state index is 0.411. The Morgan fingerprint density at radius 3 is 2.62 bits per heavy atom. The lowest BCUT2D eigenvalue weighted by Crippen LogP contribution is -2.45. The molecule has 0 bridgehead atoms. The highest BCUT2D eigenvalue weighted by atomic mass is 32.2. The van der Waals surface area contributed by atoms with Crippen molar-refractivity contribution in [2.24, 2.45) is 0 Å². The van der Waals surface area contributed by atoms with Crippen LogP contribution in [0.15, 0.2) is 0 Å². The van der Waals surface area contributed by atoms with E-state index in [0.717, 1.165) is 44.9 Å². The monoisotopic (exact) mass is 203 g/mol. The Hall–Kier alpha value is 0.230. The summed E-state index contributed by atoms with van der Waals surface area (Å²) in [5, 5.41) is 14.0. The second-order valence-corrected chi connectivity index (χ2v) is 5.23. The molecule has 76 valence electrons. The summed E-state index contributed by atoms with van der Waals surface area (Å²) >= 11 is 1.87. The Morgan fingerprint density at radius 2 is 2.08 bits per heavy atom. The molecule has 0 aromatic carbocycles. The summed E-state index contributed by atoms with van der Waals surface area (Å²) in [5.41, 5.74) is -0.411. The van der Waals surface area contributed by atoms with Gasteiger partial charge in [0.15, 0.2) is 0 Å². The molecule has 13 heavy (non-hydrogen) atoms. The SMILES string of the molecule is OC1(CSC2COC2)CCNCC1. The van der Waals surface area contributed by atoms with Gasteiger partial charge in [-0.15, -0.1) is 0 Å². The van der Waals surface area contributed by atoms with Crippen LogP contribution >= 0.6 is 11.8 Å². The lowest BCUT2D eigenvalue weighted by molar-refractivity contribution is 0.0297. The molecule has 0 saturated carbocycles. The second-order valence-electron chi connectivity index (χ2n) is 3.94. The van der Waals surface area contributed by atoms with Crippen LogP contribution in [0.1, 0.15) is 12.8 Å². The van der Waals surface area contributed by atoms with Crippen LogP contribution in [0.3, 0.4) is 0 Å². The zero-order valence-corrected chi connectivity index (χ0v) is 8.61. The first-order valence-corrected chi connectivity index (χ1v) is 5.96. The van der Waals surface area contributed by atoms with Crippen LogP contribution in [-0.2, 0) is 4.74 Å². The average molecular weight is 203 g/mol. The fourth-order valence-corrected chi connectivity index (χ4v) is 2.84. The van der Waals surface area contributed by atoms with Gasteiger partial charge in [0.05, 0.1) is 24.1 Å². The normalized spacial score (nSPS) is 28.4. The van der Waals surface area contributed by atoms with Crippen LogP contribution in [0.5, 0.6) is 0 Å². The van der Waals surface area contributed by atoms with Crippen LogP contribution in [0, 0.1) is 0 Å². The highest BCUT2D eigenvalue weighted by Gasteiger charge is 2.31. The first-order chi connectivity index (χ1) is 6.29. The summed E-state index contributed by atoms with van der Waals surface area (Å²) in [5.74, 6) is 0.878. The molecule has 2 heterocycles. The highest BCUT2D eigenvalue weighted by molar-refractivity contribution is 8.00. The van der Waals surface area contributed by atoms with E-state index in [2.05, 4.69) is 5.32 Å². The average Bonchev–Trinajstić information content (AvgIpc) is 2.02. The Labute approximate surface area is 83.2 Å². The van der Waals surface area contributed by atoms with Gasteiger partial charge in [0.2, 0.25) is 0 Å². The van der Waals surface area contributed by atoms with Gasteiger partial charge in [-0.1, -0.05) is 0 Å². The van der Waals surface area contributed by atoms with Gasteiger partial charge in [0.25, 0.3) is 0 Å². The van der Waals surface area contributed by atoms with Crippen LogP contribution in [0.2, 0.25) is 0 Å². The van der Waals surface area contributed by atoms with Gasteiger partial charge in [0, 0.05) is 5.75 Å². The molecule has 0 atom stereocenters. The van der Waals surface area contributed by atoms with E-state index in [9.17, 15) is 5.11 Å². The molecule has 2 aliphatic heterocycles. The molecule has 2 aliphatic rings. The molecule has 2 rings (SSSR count). The molecular formula is C9H17NO2S. The number of hydrogen-bond donors (Lipinski definition) is 2. The molecule has 4 heteroatoms. The number of hydrogen-bond acceptors (Lipinski definition) is 4. The summed E-state index contributed by atoms with van der Waals surface area (Å²) in [4.78, 5) is 0. The largest absolute Gasteiger partial charge is 0.389 e. The first-order valence-electron chi connectivity index (χ1n) is 4.91. The third-order valence-corrected chi connectivity index (χ3v) is 4.18. The lowest BCUT2D eigenvalue weighted by atomic mass is 9.95.